The van der Waals surface area contributed by atoms with E-state index in [1.54, 1.807) is 0 Å². The highest BCUT2D eigenvalue weighted by Crippen LogP contribution is 2.24. The number of pyridine rings is 1. The molecular formula is C15H16N4. The first-order valence-corrected chi connectivity index (χ1v) is 6.26. The summed E-state index contributed by atoms with van der Waals surface area (Å²) in [5, 5.41) is 8.49. The molecule has 0 unspecified atom stereocenters. The molecule has 3 rings (SSSR count). The van der Waals surface area contributed by atoms with Crippen molar-refractivity contribution in [3.05, 3.63) is 47.2 Å². The highest BCUT2D eigenvalue weighted by molar-refractivity contribution is 5.70. The average molecular weight is 252 g/mol. The fourth-order valence-corrected chi connectivity index (χ4v) is 2.23. The molecule has 0 spiro atoms. The van der Waals surface area contributed by atoms with Gasteiger partial charge in [0.15, 0.2) is 11.5 Å². The average Bonchev–Trinajstić information content (AvgIpc) is 2.83. The van der Waals surface area contributed by atoms with Crippen LogP contribution >= 0.6 is 0 Å². The van der Waals surface area contributed by atoms with E-state index in [9.17, 15) is 0 Å². The van der Waals surface area contributed by atoms with E-state index in [1.807, 2.05) is 23.5 Å². The molecule has 2 aromatic heterocycles. The van der Waals surface area contributed by atoms with Crippen LogP contribution in [0.5, 0.6) is 0 Å². The highest BCUT2D eigenvalue weighted by atomic mass is 15.3. The van der Waals surface area contributed by atoms with Crippen LogP contribution in [-0.2, 0) is 0 Å². The topological polar surface area (TPSA) is 56.2 Å². The van der Waals surface area contributed by atoms with Crippen molar-refractivity contribution in [2.75, 3.05) is 5.73 Å². The molecule has 4 heteroatoms. The van der Waals surface area contributed by atoms with E-state index in [0.717, 1.165) is 17.1 Å². The van der Waals surface area contributed by atoms with E-state index in [1.165, 1.54) is 11.1 Å². The van der Waals surface area contributed by atoms with Crippen LogP contribution in [-0.4, -0.2) is 14.6 Å². The summed E-state index contributed by atoms with van der Waals surface area (Å²) in [4.78, 5) is 0. The molecule has 0 amide bonds. The summed E-state index contributed by atoms with van der Waals surface area (Å²) in [6.07, 6.45) is 0. The monoisotopic (exact) mass is 252 g/mol. The van der Waals surface area contributed by atoms with Gasteiger partial charge in [0, 0.05) is 11.3 Å². The van der Waals surface area contributed by atoms with Gasteiger partial charge in [0.1, 0.15) is 0 Å². The minimum absolute atomic E-state index is 0.646. The number of nitrogens with two attached hydrogens (primary N) is 1. The number of fused-ring (bicyclic) bond motifs is 1. The maximum Gasteiger partial charge on any atom is 0.184 e. The highest BCUT2D eigenvalue weighted by Gasteiger charge is 2.12. The Balaban J connectivity index is 2.31. The van der Waals surface area contributed by atoms with E-state index in [-0.39, 0.29) is 0 Å². The maximum absolute atomic E-state index is 5.95. The molecular weight excluding hydrogens is 236 g/mol. The number of rotatable bonds is 1. The summed E-state index contributed by atoms with van der Waals surface area (Å²) in [6, 6.07) is 10.2. The molecule has 19 heavy (non-hydrogen) atoms. The maximum atomic E-state index is 5.95. The SMILES string of the molecule is Cc1ccc(-c2nnc3c(N)ccc(C)n23)cc1C. The van der Waals surface area contributed by atoms with Gasteiger partial charge < -0.3 is 5.73 Å². The van der Waals surface area contributed by atoms with Crippen LogP contribution in [0.4, 0.5) is 5.69 Å². The van der Waals surface area contributed by atoms with Crippen LogP contribution in [0.2, 0.25) is 0 Å². The van der Waals surface area contributed by atoms with Crippen LogP contribution < -0.4 is 5.73 Å². The number of anilines is 1. The number of aryl methyl sites for hydroxylation is 3. The fourth-order valence-electron chi connectivity index (χ4n) is 2.23. The van der Waals surface area contributed by atoms with Crippen molar-refractivity contribution in [3.8, 4) is 11.4 Å². The minimum atomic E-state index is 0.646. The summed E-state index contributed by atoms with van der Waals surface area (Å²) >= 11 is 0. The first-order chi connectivity index (χ1) is 9.08. The number of nitrogen functional groups attached to an aromatic ring is 1. The van der Waals surface area contributed by atoms with E-state index in [2.05, 4.69) is 42.2 Å². The Kier molecular flexibility index (Phi) is 2.52. The van der Waals surface area contributed by atoms with Crippen molar-refractivity contribution < 1.29 is 0 Å². The van der Waals surface area contributed by atoms with Gasteiger partial charge in [0.05, 0.1) is 5.69 Å². The normalized spacial score (nSPS) is 11.1. The molecule has 0 radical (unpaired) electrons. The third-order valence-corrected chi connectivity index (χ3v) is 3.54. The molecule has 0 saturated carbocycles. The lowest BCUT2D eigenvalue weighted by molar-refractivity contribution is 1.08. The number of benzene rings is 1. The summed E-state index contributed by atoms with van der Waals surface area (Å²) < 4.78 is 2.00. The summed E-state index contributed by atoms with van der Waals surface area (Å²) in [7, 11) is 0. The minimum Gasteiger partial charge on any atom is -0.396 e. The third kappa shape index (κ3) is 1.76. The van der Waals surface area contributed by atoms with Gasteiger partial charge in [-0.05, 0) is 50.1 Å². The Labute approximate surface area is 111 Å². The van der Waals surface area contributed by atoms with Crippen LogP contribution in [0.25, 0.3) is 17.0 Å². The molecule has 3 aromatic rings. The van der Waals surface area contributed by atoms with Crippen molar-refractivity contribution in [2.45, 2.75) is 20.8 Å². The van der Waals surface area contributed by atoms with Crippen molar-refractivity contribution in [1.82, 2.24) is 14.6 Å². The van der Waals surface area contributed by atoms with Gasteiger partial charge in [0.25, 0.3) is 0 Å². The van der Waals surface area contributed by atoms with Gasteiger partial charge in [-0.2, -0.15) is 0 Å². The van der Waals surface area contributed by atoms with Crippen molar-refractivity contribution >= 4 is 11.3 Å². The Hall–Kier alpha value is -2.36. The first kappa shape index (κ1) is 11.7. The standard InChI is InChI=1S/C15H16N4/c1-9-4-6-12(8-10(9)2)14-17-18-15-13(16)7-5-11(3)19(14)15/h4-8H,16H2,1-3H3. The predicted molar refractivity (Wildman–Crippen MR) is 77.0 cm³/mol. The molecule has 0 aliphatic carbocycles. The fraction of sp³-hybridized carbons (Fsp3) is 0.200. The smallest absolute Gasteiger partial charge is 0.184 e. The first-order valence-electron chi connectivity index (χ1n) is 6.26. The van der Waals surface area contributed by atoms with E-state index in [4.69, 9.17) is 5.73 Å². The summed E-state index contributed by atoms with van der Waals surface area (Å²) in [5.41, 5.74) is 12.0. The second kappa shape index (κ2) is 4.09. The van der Waals surface area contributed by atoms with Gasteiger partial charge in [-0.25, -0.2) is 0 Å². The molecule has 0 atom stereocenters. The predicted octanol–water partition coefficient (Wildman–Crippen LogP) is 2.90. The quantitative estimate of drug-likeness (QED) is 0.724. The van der Waals surface area contributed by atoms with Gasteiger partial charge in [-0.3, -0.25) is 4.40 Å². The van der Waals surface area contributed by atoms with E-state index < -0.39 is 0 Å². The Morgan fingerprint density at radius 2 is 1.74 bits per heavy atom. The zero-order chi connectivity index (χ0) is 13.6. The number of hydrogen-bond acceptors (Lipinski definition) is 3. The summed E-state index contributed by atoms with van der Waals surface area (Å²) in [6.45, 7) is 6.23. The molecule has 96 valence electrons. The Morgan fingerprint density at radius 1 is 0.947 bits per heavy atom. The lowest BCUT2D eigenvalue weighted by atomic mass is 10.1. The molecule has 0 fully saturated rings. The Morgan fingerprint density at radius 3 is 2.47 bits per heavy atom. The van der Waals surface area contributed by atoms with Crippen molar-refractivity contribution in [3.63, 3.8) is 0 Å². The number of aromatic nitrogens is 3. The van der Waals surface area contributed by atoms with Crippen molar-refractivity contribution in [2.24, 2.45) is 0 Å². The van der Waals surface area contributed by atoms with Gasteiger partial charge in [-0.15, -0.1) is 10.2 Å². The summed E-state index contributed by atoms with van der Waals surface area (Å²) in [5.74, 6) is 0.836. The lowest BCUT2D eigenvalue weighted by Gasteiger charge is -2.07. The number of hydrogen-bond donors (Lipinski definition) is 1. The molecule has 0 aliphatic rings. The van der Waals surface area contributed by atoms with Crippen molar-refractivity contribution in [1.29, 1.82) is 0 Å². The van der Waals surface area contributed by atoms with Crippen LogP contribution in [0.1, 0.15) is 16.8 Å². The molecule has 4 nitrogen and oxygen atoms in total. The van der Waals surface area contributed by atoms with Crippen LogP contribution in [0.3, 0.4) is 0 Å². The van der Waals surface area contributed by atoms with Crippen LogP contribution in [0.15, 0.2) is 30.3 Å². The Bertz CT molecular complexity index is 771. The van der Waals surface area contributed by atoms with Gasteiger partial charge in [0.2, 0.25) is 0 Å². The second-order valence-corrected chi connectivity index (χ2v) is 4.91. The largest absolute Gasteiger partial charge is 0.396 e. The molecule has 2 N–H and O–H groups in total. The van der Waals surface area contributed by atoms with Gasteiger partial charge >= 0.3 is 0 Å². The van der Waals surface area contributed by atoms with E-state index in [0.29, 0.717) is 11.3 Å². The molecule has 0 saturated heterocycles. The molecule has 1 aromatic carbocycles. The van der Waals surface area contributed by atoms with Crippen LogP contribution in [0, 0.1) is 20.8 Å². The molecule has 0 aliphatic heterocycles. The number of nitrogens with zero attached hydrogens (tertiary/aromatic N) is 3. The lowest BCUT2D eigenvalue weighted by Crippen LogP contribution is -1.98. The van der Waals surface area contributed by atoms with Gasteiger partial charge in [-0.1, -0.05) is 12.1 Å². The second-order valence-electron chi connectivity index (χ2n) is 4.91. The molecule has 2 heterocycles. The zero-order valence-electron chi connectivity index (χ0n) is 11.3. The third-order valence-electron chi connectivity index (χ3n) is 3.54. The zero-order valence-corrected chi connectivity index (χ0v) is 11.3. The van der Waals surface area contributed by atoms with E-state index >= 15 is 0 Å². The molecule has 0 bridgehead atoms.